The van der Waals surface area contributed by atoms with Gasteiger partial charge < -0.3 is 0 Å². The van der Waals surface area contributed by atoms with Crippen molar-refractivity contribution in [2.45, 2.75) is 104 Å². The van der Waals surface area contributed by atoms with Crippen molar-refractivity contribution in [2.24, 2.45) is 0 Å². The molecule has 17 rings (SSSR count). The maximum Gasteiger partial charge on any atom is 0.0972 e. The van der Waals surface area contributed by atoms with E-state index >= 15 is 0 Å². The Morgan fingerprint density at radius 1 is 0.154 bits per heavy atom. The summed E-state index contributed by atoms with van der Waals surface area (Å²) in [5, 5.41) is 0. The fraction of sp³-hybridized carbons (Fsp3) is 0.138. The highest BCUT2D eigenvalue weighted by Crippen LogP contribution is 2.40. The number of rotatable bonds is 13. The first-order valence-electron chi connectivity index (χ1n) is 40.0. The van der Waals surface area contributed by atoms with Crippen LogP contribution in [0.1, 0.15) is 83.5 Å². The first-order valence-corrected chi connectivity index (χ1v) is 40.0. The molecule has 4 heterocycles. The molecule has 8 nitrogen and oxygen atoms in total. The standard InChI is InChI=1S/C28H20N2.C28H28N2.C27H26N2.C26H24N2/c1-4-10-21(11-5-1)22-16-18-23(19-17-22)26-20-29-27(24-12-6-2-7-13-24)28(30-26)25-14-8-3-9-15-25;1-17-10-18(2)13-23(12-17)27-28(24-14-19(3)11-20(4)15-24)30-25(16-29-27)26-21(5)8-7-9-22(26)6;1-17-10-18(2)13-22(12-17)26-27(23-14-19(3)11-20(4)15-23)29-25(16-28-26)24-9-7-6-8-21(24)5;1-17-10-18(2)13-22(12-17)25-26(23-14-19(3)11-20(4)15-23)28-24(16-27-25)21-8-6-5-7-9-21/h1-20H;7-16H,1-6H3;6-16H,1-5H3;5-16H,1-4H3. The molecule has 0 spiro atoms. The topological polar surface area (TPSA) is 103 Å². The van der Waals surface area contributed by atoms with Gasteiger partial charge in [0, 0.05) is 66.8 Å². The van der Waals surface area contributed by atoms with Crippen molar-refractivity contribution >= 4 is 0 Å². The summed E-state index contributed by atoms with van der Waals surface area (Å²) in [7, 11) is 0. The van der Waals surface area contributed by atoms with Crippen LogP contribution in [-0.4, -0.2) is 39.9 Å². The number of aromatic nitrogens is 8. The lowest BCUT2D eigenvalue weighted by molar-refractivity contribution is 1.19. The van der Waals surface area contributed by atoms with Crippen molar-refractivity contribution in [1.82, 2.24) is 39.9 Å². The van der Waals surface area contributed by atoms with Gasteiger partial charge in [-0.2, -0.15) is 0 Å². The number of aryl methyl sites for hydroxylation is 15. The van der Waals surface area contributed by atoms with Crippen LogP contribution in [0.4, 0.5) is 0 Å². The normalized spacial score (nSPS) is 10.9. The van der Waals surface area contributed by atoms with E-state index in [1.165, 1.54) is 100 Å². The Morgan fingerprint density at radius 3 is 0.726 bits per heavy atom. The molecular weight excluding hydrogens is 1420 g/mol. The molecule has 0 aliphatic heterocycles. The molecule has 117 heavy (non-hydrogen) atoms. The molecule has 574 valence electrons. The lowest BCUT2D eigenvalue weighted by Gasteiger charge is -2.15. The van der Waals surface area contributed by atoms with Crippen molar-refractivity contribution < 1.29 is 0 Å². The summed E-state index contributed by atoms with van der Waals surface area (Å²) in [6.07, 6.45) is 7.58. The molecule has 0 fully saturated rings. The van der Waals surface area contributed by atoms with Crippen LogP contribution in [0.2, 0.25) is 0 Å². The van der Waals surface area contributed by atoms with E-state index in [0.717, 1.165) is 130 Å². The largest absolute Gasteiger partial charge is 0.252 e. The zero-order valence-electron chi connectivity index (χ0n) is 69.7. The Kier molecular flexibility index (Phi) is 24.6. The zero-order chi connectivity index (χ0) is 81.8. The molecule has 0 saturated heterocycles. The van der Waals surface area contributed by atoms with Crippen LogP contribution in [0.3, 0.4) is 0 Å². The van der Waals surface area contributed by atoms with E-state index in [1.807, 2.05) is 85.5 Å². The number of hydrogen-bond donors (Lipinski definition) is 0. The molecular formula is C109H98N8. The van der Waals surface area contributed by atoms with Crippen LogP contribution in [0.5, 0.6) is 0 Å². The van der Waals surface area contributed by atoms with Crippen LogP contribution in [0.25, 0.3) is 146 Å². The number of benzene rings is 13. The van der Waals surface area contributed by atoms with E-state index < -0.39 is 0 Å². The molecule has 8 heteroatoms. The Morgan fingerprint density at radius 2 is 0.376 bits per heavy atom. The Hall–Kier alpha value is -13.8. The first kappa shape index (κ1) is 79.8. The average Bonchev–Trinajstić information content (AvgIpc) is 0.796. The molecule has 0 saturated carbocycles. The van der Waals surface area contributed by atoms with Gasteiger partial charge in [-0.1, -0.05) is 291 Å². The van der Waals surface area contributed by atoms with E-state index in [1.54, 1.807) is 0 Å². The Bertz CT molecular complexity index is 6270. The maximum absolute atomic E-state index is 5.19. The third-order valence-corrected chi connectivity index (χ3v) is 20.7. The predicted octanol–water partition coefficient (Wildman–Crippen LogP) is 28.2. The van der Waals surface area contributed by atoms with Gasteiger partial charge in [-0.05, 0) is 204 Å². The van der Waals surface area contributed by atoms with E-state index in [4.69, 9.17) is 39.9 Å². The SMILES string of the molecule is Cc1cc(C)cc(-c2ncc(-c3c(C)cccc3C)nc2-c2cc(C)cc(C)c2)c1.Cc1cc(C)cc(-c2ncc(-c3ccccc3)nc2-c2cc(C)cc(C)c2)c1.Cc1cc(C)cc(-c2ncc(-c3ccccc3C)nc2-c2cc(C)cc(C)c2)c1.c1ccc(-c2ccc(-c3cnc(-c4ccccc4)c(-c4ccccc4)n3)cc2)cc1. The second-order valence-corrected chi connectivity index (χ2v) is 31.2. The quantitative estimate of drug-likeness (QED) is 0.112. The molecule has 0 atom stereocenters. The van der Waals surface area contributed by atoms with Gasteiger partial charge in [0.05, 0.1) is 93.1 Å². The highest BCUT2D eigenvalue weighted by Gasteiger charge is 2.21. The second kappa shape index (κ2) is 36.1. The van der Waals surface area contributed by atoms with Gasteiger partial charge in [-0.25, -0.2) is 19.9 Å². The van der Waals surface area contributed by atoms with Gasteiger partial charge in [0.25, 0.3) is 0 Å². The zero-order valence-corrected chi connectivity index (χ0v) is 69.7. The minimum absolute atomic E-state index is 0.869. The molecule has 17 aromatic rings. The molecule has 13 aromatic carbocycles. The molecule has 0 bridgehead atoms. The highest BCUT2D eigenvalue weighted by atomic mass is 14.9. The smallest absolute Gasteiger partial charge is 0.0972 e. The Labute approximate surface area is 691 Å². The summed E-state index contributed by atoms with van der Waals surface area (Å²) in [6, 6.07) is 104. The monoisotopic (exact) mass is 1520 g/mol. The van der Waals surface area contributed by atoms with Gasteiger partial charge in [-0.3, -0.25) is 19.9 Å². The molecule has 0 aliphatic rings. The summed E-state index contributed by atoms with van der Waals surface area (Å²) < 4.78 is 0. The van der Waals surface area contributed by atoms with E-state index in [-0.39, 0.29) is 0 Å². The molecule has 4 aromatic heterocycles. The minimum atomic E-state index is 0.869. The van der Waals surface area contributed by atoms with Crippen molar-refractivity contribution in [2.75, 3.05) is 0 Å². The fourth-order valence-corrected chi connectivity index (χ4v) is 15.7. The van der Waals surface area contributed by atoms with Crippen LogP contribution >= 0.6 is 0 Å². The van der Waals surface area contributed by atoms with Crippen LogP contribution in [0.15, 0.2) is 322 Å². The second-order valence-electron chi connectivity index (χ2n) is 31.2. The van der Waals surface area contributed by atoms with E-state index in [0.29, 0.717) is 0 Å². The van der Waals surface area contributed by atoms with Crippen LogP contribution in [-0.2, 0) is 0 Å². The highest BCUT2D eigenvalue weighted by molar-refractivity contribution is 5.86. The van der Waals surface area contributed by atoms with Crippen molar-refractivity contribution in [1.29, 1.82) is 0 Å². The summed E-state index contributed by atoms with van der Waals surface area (Å²) in [5.74, 6) is 0. The maximum atomic E-state index is 5.19. The average molecular weight is 1520 g/mol. The van der Waals surface area contributed by atoms with Crippen molar-refractivity contribution in [3.8, 4) is 146 Å². The van der Waals surface area contributed by atoms with Gasteiger partial charge in [-0.15, -0.1) is 0 Å². The summed E-state index contributed by atoms with van der Waals surface area (Å²) in [5.41, 5.74) is 45.0. The molecule has 0 unspecified atom stereocenters. The van der Waals surface area contributed by atoms with Crippen LogP contribution < -0.4 is 0 Å². The first-order chi connectivity index (χ1) is 56.6. The predicted molar refractivity (Wildman–Crippen MR) is 490 cm³/mol. The lowest BCUT2D eigenvalue weighted by atomic mass is 9.96. The van der Waals surface area contributed by atoms with Crippen molar-refractivity contribution in [3.63, 3.8) is 0 Å². The molecule has 0 amide bonds. The van der Waals surface area contributed by atoms with E-state index in [9.17, 15) is 0 Å². The summed E-state index contributed by atoms with van der Waals surface area (Å²) in [4.78, 5) is 40.0. The fourth-order valence-electron chi connectivity index (χ4n) is 15.7. The Balaban J connectivity index is 0.000000128. The minimum Gasteiger partial charge on any atom is -0.252 e. The third-order valence-electron chi connectivity index (χ3n) is 20.7. The molecule has 0 N–H and O–H groups in total. The van der Waals surface area contributed by atoms with Gasteiger partial charge in [0.15, 0.2) is 0 Å². The summed E-state index contributed by atoms with van der Waals surface area (Å²) in [6.45, 7) is 31.9. The van der Waals surface area contributed by atoms with Crippen molar-refractivity contribution in [3.05, 3.63) is 405 Å². The molecule has 0 aliphatic carbocycles. The van der Waals surface area contributed by atoms with Gasteiger partial charge in [0.2, 0.25) is 0 Å². The summed E-state index contributed by atoms with van der Waals surface area (Å²) >= 11 is 0. The van der Waals surface area contributed by atoms with E-state index in [2.05, 4.69) is 340 Å². The van der Waals surface area contributed by atoms with Gasteiger partial charge >= 0.3 is 0 Å². The number of hydrogen-bond acceptors (Lipinski definition) is 8. The van der Waals surface area contributed by atoms with Gasteiger partial charge in [0.1, 0.15) is 0 Å². The van der Waals surface area contributed by atoms with Crippen LogP contribution in [0, 0.1) is 104 Å². The molecule has 0 radical (unpaired) electrons. The third kappa shape index (κ3) is 19.5. The number of nitrogens with zero attached hydrogens (tertiary/aromatic N) is 8. The lowest BCUT2D eigenvalue weighted by Crippen LogP contribution is -1.99.